The van der Waals surface area contributed by atoms with Crippen molar-refractivity contribution in [3.05, 3.63) is 101 Å². The normalized spacial score (nSPS) is 20.3. The molecule has 0 bridgehead atoms. The Bertz CT molecular complexity index is 1310. The standard InChI is InChI=1S/C30H29NO5/c1-3-15-35-24-12-9-21(10-13-24)27-26(28(32)22-11-14-25-23(17-22)16-19(2)36-25)29(33)30(34)31(27)18-20-7-5-4-6-8-20/h4-14,17,19,27,32H,3,15-16,18H2,1-2H3/t19-,27+/m0/s1. The van der Waals surface area contributed by atoms with E-state index in [1.165, 1.54) is 4.90 Å². The van der Waals surface area contributed by atoms with Crippen LogP contribution in [0.4, 0.5) is 0 Å². The van der Waals surface area contributed by atoms with Crippen LogP contribution in [0.25, 0.3) is 5.76 Å². The Morgan fingerprint density at radius 1 is 1.06 bits per heavy atom. The van der Waals surface area contributed by atoms with E-state index in [0.717, 1.165) is 35.3 Å². The molecule has 6 heteroatoms. The van der Waals surface area contributed by atoms with Crippen molar-refractivity contribution in [3.63, 3.8) is 0 Å². The van der Waals surface area contributed by atoms with Crippen molar-refractivity contribution in [2.24, 2.45) is 0 Å². The van der Waals surface area contributed by atoms with Crippen LogP contribution in [0.3, 0.4) is 0 Å². The van der Waals surface area contributed by atoms with Crippen molar-refractivity contribution in [1.82, 2.24) is 4.90 Å². The Morgan fingerprint density at radius 3 is 2.53 bits per heavy atom. The molecule has 3 aromatic rings. The molecule has 0 unspecified atom stereocenters. The van der Waals surface area contributed by atoms with Gasteiger partial charge in [-0.25, -0.2) is 0 Å². The molecule has 2 atom stereocenters. The van der Waals surface area contributed by atoms with Gasteiger partial charge in [0.15, 0.2) is 0 Å². The first-order valence-corrected chi connectivity index (χ1v) is 12.3. The van der Waals surface area contributed by atoms with Gasteiger partial charge < -0.3 is 19.5 Å². The molecule has 0 aromatic heterocycles. The van der Waals surface area contributed by atoms with Crippen LogP contribution in [-0.2, 0) is 22.6 Å². The minimum absolute atomic E-state index is 0.0577. The van der Waals surface area contributed by atoms with Crippen LogP contribution in [0.15, 0.2) is 78.4 Å². The quantitative estimate of drug-likeness (QED) is 0.276. The van der Waals surface area contributed by atoms with Crippen LogP contribution in [-0.4, -0.2) is 34.4 Å². The first-order valence-electron chi connectivity index (χ1n) is 12.3. The third-order valence-electron chi connectivity index (χ3n) is 6.57. The summed E-state index contributed by atoms with van der Waals surface area (Å²) >= 11 is 0. The molecular formula is C30H29NO5. The van der Waals surface area contributed by atoms with Gasteiger partial charge in [0.05, 0.1) is 18.2 Å². The Morgan fingerprint density at radius 2 is 1.81 bits per heavy atom. The van der Waals surface area contributed by atoms with Gasteiger partial charge in [-0.1, -0.05) is 49.4 Å². The molecule has 0 spiro atoms. The van der Waals surface area contributed by atoms with Crippen LogP contribution in [0.1, 0.15) is 48.6 Å². The molecule has 1 amide bonds. The maximum absolute atomic E-state index is 13.3. The highest BCUT2D eigenvalue weighted by atomic mass is 16.5. The van der Waals surface area contributed by atoms with Gasteiger partial charge in [-0.2, -0.15) is 0 Å². The number of hydrogen-bond acceptors (Lipinski definition) is 5. The van der Waals surface area contributed by atoms with Gasteiger partial charge in [0.2, 0.25) is 0 Å². The second-order valence-corrected chi connectivity index (χ2v) is 9.29. The molecule has 1 fully saturated rings. The van der Waals surface area contributed by atoms with E-state index in [1.54, 1.807) is 6.07 Å². The SMILES string of the molecule is CCCOc1ccc([C@@H]2C(=C(O)c3ccc4c(c3)C[C@H](C)O4)C(=O)C(=O)N2Cc2ccccc2)cc1. The summed E-state index contributed by atoms with van der Waals surface area (Å²) in [6.45, 7) is 4.88. The molecule has 2 aliphatic rings. The fourth-order valence-corrected chi connectivity index (χ4v) is 4.86. The number of nitrogens with zero attached hydrogens (tertiary/aromatic N) is 1. The summed E-state index contributed by atoms with van der Waals surface area (Å²) in [4.78, 5) is 28.1. The fraction of sp³-hybridized carbons (Fsp3) is 0.267. The highest BCUT2D eigenvalue weighted by molar-refractivity contribution is 6.46. The lowest BCUT2D eigenvalue weighted by molar-refractivity contribution is -0.140. The molecule has 2 heterocycles. The van der Waals surface area contributed by atoms with Gasteiger partial charge in [0, 0.05) is 18.5 Å². The minimum Gasteiger partial charge on any atom is -0.507 e. The van der Waals surface area contributed by atoms with Crippen LogP contribution in [0, 0.1) is 0 Å². The fourth-order valence-electron chi connectivity index (χ4n) is 4.86. The molecule has 0 saturated carbocycles. The molecule has 1 saturated heterocycles. The summed E-state index contributed by atoms with van der Waals surface area (Å²) in [5, 5.41) is 11.4. The Hall–Kier alpha value is -4.06. The van der Waals surface area contributed by atoms with Crippen molar-refractivity contribution in [1.29, 1.82) is 0 Å². The summed E-state index contributed by atoms with van der Waals surface area (Å²) in [6.07, 6.45) is 1.67. The van der Waals surface area contributed by atoms with E-state index in [4.69, 9.17) is 9.47 Å². The smallest absolute Gasteiger partial charge is 0.295 e. The molecule has 184 valence electrons. The van der Waals surface area contributed by atoms with Crippen molar-refractivity contribution in [2.75, 3.05) is 6.61 Å². The molecule has 0 aliphatic carbocycles. The predicted octanol–water partition coefficient (Wildman–Crippen LogP) is 5.42. The number of aliphatic hydroxyl groups excluding tert-OH is 1. The number of ketones is 1. The summed E-state index contributed by atoms with van der Waals surface area (Å²) in [5.74, 6) is -0.00147. The number of rotatable bonds is 7. The molecule has 2 aliphatic heterocycles. The maximum atomic E-state index is 13.3. The lowest BCUT2D eigenvalue weighted by atomic mass is 9.94. The van der Waals surface area contributed by atoms with Gasteiger partial charge in [-0.05, 0) is 60.4 Å². The van der Waals surface area contributed by atoms with Crippen molar-refractivity contribution in [3.8, 4) is 11.5 Å². The van der Waals surface area contributed by atoms with Crippen molar-refractivity contribution in [2.45, 2.75) is 45.4 Å². The Balaban J connectivity index is 1.58. The van der Waals surface area contributed by atoms with Crippen molar-refractivity contribution >= 4 is 17.4 Å². The zero-order valence-electron chi connectivity index (χ0n) is 20.4. The number of ether oxygens (including phenoxy) is 2. The second-order valence-electron chi connectivity index (χ2n) is 9.29. The first-order chi connectivity index (χ1) is 17.5. The van der Waals surface area contributed by atoms with Crippen LogP contribution < -0.4 is 9.47 Å². The van der Waals surface area contributed by atoms with Gasteiger partial charge in [-0.15, -0.1) is 0 Å². The molecule has 5 rings (SSSR count). The van der Waals surface area contributed by atoms with E-state index in [9.17, 15) is 14.7 Å². The summed E-state index contributed by atoms with van der Waals surface area (Å²) < 4.78 is 11.5. The van der Waals surface area contributed by atoms with Crippen molar-refractivity contribution < 1.29 is 24.2 Å². The number of aliphatic hydroxyl groups is 1. The Labute approximate surface area is 210 Å². The highest BCUT2D eigenvalue weighted by Crippen LogP contribution is 2.41. The van der Waals surface area contributed by atoms with E-state index < -0.39 is 17.7 Å². The second kappa shape index (κ2) is 9.90. The zero-order chi connectivity index (χ0) is 25.2. The first kappa shape index (κ1) is 23.7. The number of hydrogen-bond donors (Lipinski definition) is 1. The average Bonchev–Trinajstić information content (AvgIpc) is 3.39. The number of Topliss-reactive ketones (excluding diaryl/α,β-unsaturated/α-hetero) is 1. The lowest BCUT2D eigenvalue weighted by Crippen LogP contribution is -2.29. The van der Waals surface area contributed by atoms with Gasteiger partial charge in [-0.3, -0.25) is 9.59 Å². The topological polar surface area (TPSA) is 76.1 Å². The van der Waals surface area contributed by atoms with E-state index in [-0.39, 0.29) is 24.0 Å². The largest absolute Gasteiger partial charge is 0.507 e. The third kappa shape index (κ3) is 4.47. The summed E-state index contributed by atoms with van der Waals surface area (Å²) in [5.41, 5.74) is 3.19. The maximum Gasteiger partial charge on any atom is 0.295 e. The monoisotopic (exact) mass is 483 g/mol. The highest BCUT2D eigenvalue weighted by Gasteiger charge is 2.46. The number of carbonyl (C=O) groups excluding carboxylic acids is 2. The van der Waals surface area contributed by atoms with Gasteiger partial charge in [0.1, 0.15) is 23.4 Å². The molecule has 0 radical (unpaired) electrons. The Kier molecular flexibility index (Phi) is 6.51. The molecule has 1 N–H and O–H groups in total. The zero-order valence-corrected chi connectivity index (χ0v) is 20.4. The van der Waals surface area contributed by atoms with Crippen LogP contribution in [0.2, 0.25) is 0 Å². The molecular weight excluding hydrogens is 454 g/mol. The molecule has 36 heavy (non-hydrogen) atoms. The van der Waals surface area contributed by atoms with Crippen LogP contribution in [0.5, 0.6) is 11.5 Å². The number of amides is 1. The third-order valence-corrected chi connectivity index (χ3v) is 6.57. The minimum atomic E-state index is -0.728. The molecule has 3 aromatic carbocycles. The van der Waals surface area contributed by atoms with E-state index in [2.05, 4.69) is 0 Å². The number of carbonyl (C=O) groups is 2. The number of likely N-dealkylation sites (tertiary alicyclic amines) is 1. The van der Waals surface area contributed by atoms with Crippen LogP contribution >= 0.6 is 0 Å². The summed E-state index contributed by atoms with van der Waals surface area (Å²) in [7, 11) is 0. The average molecular weight is 484 g/mol. The van der Waals surface area contributed by atoms with E-state index in [0.29, 0.717) is 17.9 Å². The number of fused-ring (bicyclic) bond motifs is 1. The van der Waals surface area contributed by atoms with Gasteiger partial charge >= 0.3 is 0 Å². The predicted molar refractivity (Wildman–Crippen MR) is 137 cm³/mol. The molecule has 6 nitrogen and oxygen atoms in total. The summed E-state index contributed by atoms with van der Waals surface area (Å²) in [6, 6.07) is 21.6. The van der Waals surface area contributed by atoms with E-state index in [1.807, 2.05) is 80.6 Å². The number of benzene rings is 3. The lowest BCUT2D eigenvalue weighted by Gasteiger charge is -2.25. The van der Waals surface area contributed by atoms with E-state index >= 15 is 0 Å². The van der Waals surface area contributed by atoms with Gasteiger partial charge in [0.25, 0.3) is 11.7 Å².